The van der Waals surface area contributed by atoms with Gasteiger partial charge in [0.15, 0.2) is 5.78 Å². The highest BCUT2D eigenvalue weighted by atomic mass is 16.4. The van der Waals surface area contributed by atoms with Crippen molar-refractivity contribution in [3.05, 3.63) is 23.4 Å². The van der Waals surface area contributed by atoms with Gasteiger partial charge in [-0.25, -0.2) is 4.79 Å². The highest BCUT2D eigenvalue weighted by Gasteiger charge is 2.17. The standard InChI is InChI=1S/C7H7NO3/c8-6-2-1-4(9)3-5(6)7(10)11/h1-2H,3,8H2,(H,10,11). The van der Waals surface area contributed by atoms with Crippen molar-refractivity contribution in [3.63, 3.8) is 0 Å². The molecule has 1 aliphatic rings. The molecule has 58 valence electrons. The first-order valence-electron chi connectivity index (χ1n) is 3.04. The largest absolute Gasteiger partial charge is 0.478 e. The van der Waals surface area contributed by atoms with E-state index in [1.54, 1.807) is 0 Å². The molecule has 4 nitrogen and oxygen atoms in total. The molecule has 1 rings (SSSR count). The van der Waals surface area contributed by atoms with Gasteiger partial charge in [-0.1, -0.05) is 0 Å². The molecule has 0 radical (unpaired) electrons. The van der Waals surface area contributed by atoms with Gasteiger partial charge in [0, 0.05) is 12.1 Å². The van der Waals surface area contributed by atoms with Crippen LogP contribution in [0.2, 0.25) is 0 Å². The van der Waals surface area contributed by atoms with Gasteiger partial charge in [0.25, 0.3) is 0 Å². The predicted molar refractivity (Wildman–Crippen MR) is 37.6 cm³/mol. The van der Waals surface area contributed by atoms with Crippen molar-refractivity contribution < 1.29 is 14.7 Å². The van der Waals surface area contributed by atoms with E-state index in [4.69, 9.17) is 10.8 Å². The third kappa shape index (κ3) is 1.46. The summed E-state index contributed by atoms with van der Waals surface area (Å²) in [6, 6.07) is 0. The van der Waals surface area contributed by atoms with Crippen LogP contribution >= 0.6 is 0 Å². The first kappa shape index (κ1) is 7.53. The van der Waals surface area contributed by atoms with Gasteiger partial charge in [0.2, 0.25) is 0 Å². The number of hydrogen-bond acceptors (Lipinski definition) is 3. The van der Waals surface area contributed by atoms with E-state index in [9.17, 15) is 9.59 Å². The molecule has 0 heterocycles. The van der Waals surface area contributed by atoms with Crippen LogP contribution in [0.1, 0.15) is 6.42 Å². The minimum absolute atomic E-state index is 0.0162. The molecule has 0 unspecified atom stereocenters. The number of carbonyl (C=O) groups excluding carboxylic acids is 1. The van der Waals surface area contributed by atoms with E-state index in [1.807, 2.05) is 0 Å². The van der Waals surface area contributed by atoms with Crippen molar-refractivity contribution in [1.82, 2.24) is 0 Å². The summed E-state index contributed by atoms with van der Waals surface area (Å²) in [6.45, 7) is 0. The summed E-state index contributed by atoms with van der Waals surface area (Å²) in [7, 11) is 0. The maximum atomic E-state index is 10.7. The molecule has 0 aromatic rings. The molecule has 0 amide bonds. The van der Waals surface area contributed by atoms with Crippen molar-refractivity contribution in [2.24, 2.45) is 5.73 Å². The lowest BCUT2D eigenvalue weighted by molar-refractivity contribution is -0.133. The normalized spacial score (nSPS) is 17.3. The molecule has 0 atom stereocenters. The lowest BCUT2D eigenvalue weighted by Gasteiger charge is -2.06. The minimum atomic E-state index is -1.12. The van der Waals surface area contributed by atoms with Crippen molar-refractivity contribution in [3.8, 4) is 0 Å². The molecule has 3 N–H and O–H groups in total. The van der Waals surface area contributed by atoms with Gasteiger partial charge in [0.05, 0.1) is 5.57 Å². The predicted octanol–water partition coefficient (Wildman–Crippen LogP) is -0.187. The van der Waals surface area contributed by atoms with E-state index in [0.29, 0.717) is 0 Å². The molecule has 1 aliphatic carbocycles. The van der Waals surface area contributed by atoms with E-state index in [1.165, 1.54) is 12.2 Å². The molecule has 0 aromatic heterocycles. The Morgan fingerprint density at radius 1 is 1.55 bits per heavy atom. The van der Waals surface area contributed by atoms with Crippen molar-refractivity contribution in [2.75, 3.05) is 0 Å². The molecule has 11 heavy (non-hydrogen) atoms. The molecule has 0 bridgehead atoms. The van der Waals surface area contributed by atoms with Crippen LogP contribution in [0.5, 0.6) is 0 Å². The Labute approximate surface area is 63.0 Å². The lowest BCUT2D eigenvalue weighted by Crippen LogP contribution is -2.15. The van der Waals surface area contributed by atoms with Crippen LogP contribution in [0.4, 0.5) is 0 Å². The Morgan fingerprint density at radius 3 is 2.64 bits per heavy atom. The molecular formula is C7H7NO3. The van der Waals surface area contributed by atoms with Crippen LogP contribution in [0, 0.1) is 0 Å². The fourth-order valence-electron chi connectivity index (χ4n) is 0.818. The summed E-state index contributed by atoms with van der Waals surface area (Å²) in [4.78, 5) is 21.1. The van der Waals surface area contributed by atoms with Crippen LogP contribution in [-0.4, -0.2) is 16.9 Å². The van der Waals surface area contributed by atoms with Crippen molar-refractivity contribution >= 4 is 11.8 Å². The zero-order valence-electron chi connectivity index (χ0n) is 5.70. The molecule has 0 saturated heterocycles. The molecule has 0 aliphatic heterocycles. The highest BCUT2D eigenvalue weighted by molar-refractivity contribution is 6.02. The monoisotopic (exact) mass is 153 g/mol. The zero-order valence-corrected chi connectivity index (χ0v) is 5.70. The number of nitrogens with two attached hydrogens (primary N) is 1. The third-order valence-corrected chi connectivity index (χ3v) is 1.41. The van der Waals surface area contributed by atoms with Gasteiger partial charge < -0.3 is 10.8 Å². The van der Waals surface area contributed by atoms with Crippen LogP contribution in [0.25, 0.3) is 0 Å². The second kappa shape index (κ2) is 2.57. The van der Waals surface area contributed by atoms with E-state index in [0.717, 1.165) is 0 Å². The molecule has 0 saturated carbocycles. The molecular weight excluding hydrogens is 146 g/mol. The van der Waals surface area contributed by atoms with Crippen molar-refractivity contribution in [2.45, 2.75) is 6.42 Å². The molecule has 0 spiro atoms. The van der Waals surface area contributed by atoms with Gasteiger partial charge >= 0.3 is 5.97 Å². The lowest BCUT2D eigenvalue weighted by atomic mass is 10.0. The number of carboxylic acid groups (broad SMARTS) is 1. The average Bonchev–Trinajstić information content (AvgIpc) is 1.94. The quantitative estimate of drug-likeness (QED) is 0.547. The van der Waals surface area contributed by atoms with E-state index >= 15 is 0 Å². The maximum absolute atomic E-state index is 10.7. The SMILES string of the molecule is NC1=C(C(=O)O)CC(=O)C=C1. The van der Waals surface area contributed by atoms with E-state index in [-0.39, 0.29) is 23.5 Å². The smallest absolute Gasteiger partial charge is 0.334 e. The number of carboxylic acids is 1. The molecule has 0 aromatic carbocycles. The number of rotatable bonds is 1. The average molecular weight is 153 g/mol. The van der Waals surface area contributed by atoms with Crippen molar-refractivity contribution in [1.29, 1.82) is 0 Å². The van der Waals surface area contributed by atoms with Gasteiger partial charge in [-0.05, 0) is 12.2 Å². The Bertz CT molecular complexity index is 275. The summed E-state index contributed by atoms with van der Waals surface area (Å²) in [6.07, 6.45) is 2.49. The van der Waals surface area contributed by atoms with Gasteiger partial charge in [-0.15, -0.1) is 0 Å². The van der Waals surface area contributed by atoms with E-state index in [2.05, 4.69) is 0 Å². The third-order valence-electron chi connectivity index (χ3n) is 1.41. The number of carbonyl (C=O) groups is 2. The summed E-state index contributed by atoms with van der Waals surface area (Å²) >= 11 is 0. The maximum Gasteiger partial charge on any atom is 0.334 e. The van der Waals surface area contributed by atoms with Crippen LogP contribution in [0.3, 0.4) is 0 Å². The summed E-state index contributed by atoms with van der Waals surface area (Å²) in [5.41, 5.74) is 5.45. The fourth-order valence-corrected chi connectivity index (χ4v) is 0.818. The Morgan fingerprint density at radius 2 is 2.18 bits per heavy atom. The zero-order chi connectivity index (χ0) is 8.43. The molecule has 4 heteroatoms. The van der Waals surface area contributed by atoms with Crippen LogP contribution in [0.15, 0.2) is 23.4 Å². The highest BCUT2D eigenvalue weighted by Crippen LogP contribution is 2.12. The number of ketones is 1. The first-order valence-corrected chi connectivity index (χ1v) is 3.04. The molecule has 0 fully saturated rings. The number of aliphatic carboxylic acids is 1. The van der Waals surface area contributed by atoms with Gasteiger partial charge in [-0.3, -0.25) is 4.79 Å². The van der Waals surface area contributed by atoms with Crippen LogP contribution < -0.4 is 5.73 Å². The number of allylic oxidation sites excluding steroid dienone is 2. The number of hydrogen-bond donors (Lipinski definition) is 2. The first-order chi connectivity index (χ1) is 5.11. The Hall–Kier alpha value is -1.58. The second-order valence-electron chi connectivity index (χ2n) is 2.22. The fraction of sp³-hybridized carbons (Fsp3) is 0.143. The van der Waals surface area contributed by atoms with Gasteiger partial charge in [0.1, 0.15) is 0 Å². The van der Waals surface area contributed by atoms with E-state index < -0.39 is 5.97 Å². The summed E-state index contributed by atoms with van der Waals surface area (Å²) < 4.78 is 0. The van der Waals surface area contributed by atoms with Gasteiger partial charge in [-0.2, -0.15) is 0 Å². The minimum Gasteiger partial charge on any atom is -0.478 e. The van der Waals surface area contributed by atoms with Crippen LogP contribution in [-0.2, 0) is 9.59 Å². The Kier molecular flexibility index (Phi) is 1.76. The topological polar surface area (TPSA) is 80.4 Å². The second-order valence-corrected chi connectivity index (χ2v) is 2.22. The summed E-state index contributed by atoms with van der Waals surface area (Å²) in [5, 5.41) is 8.50. The Balaban J connectivity index is 2.99. The summed E-state index contributed by atoms with van der Waals surface area (Å²) in [5.74, 6) is -1.35.